The highest BCUT2D eigenvalue weighted by atomic mass is 16.4. The molecule has 0 bridgehead atoms. The summed E-state index contributed by atoms with van der Waals surface area (Å²) < 4.78 is 1.23. The molecule has 1 aromatic rings. The molecular formula is C10H13NO3. The highest BCUT2D eigenvalue weighted by molar-refractivity contribution is 5.75. The van der Waals surface area contributed by atoms with Crippen molar-refractivity contribution in [3.63, 3.8) is 0 Å². The summed E-state index contributed by atoms with van der Waals surface area (Å²) in [5.74, 6) is -1.02. The second-order valence-corrected chi connectivity index (χ2v) is 3.73. The minimum Gasteiger partial charge on any atom is -0.480 e. The van der Waals surface area contributed by atoms with Crippen LogP contribution in [0.5, 0.6) is 0 Å². The Bertz CT molecular complexity index is 418. The molecule has 0 radical (unpaired) electrons. The van der Waals surface area contributed by atoms with Crippen LogP contribution in [0.2, 0.25) is 0 Å². The van der Waals surface area contributed by atoms with Gasteiger partial charge < -0.3 is 5.11 Å². The molecule has 1 heterocycles. The molecule has 76 valence electrons. The molecule has 0 saturated heterocycles. The highest BCUT2D eigenvalue weighted by Crippen LogP contribution is 2.12. The van der Waals surface area contributed by atoms with Crippen molar-refractivity contribution in [3.8, 4) is 0 Å². The van der Waals surface area contributed by atoms with E-state index in [4.69, 9.17) is 5.11 Å². The van der Waals surface area contributed by atoms with Crippen molar-refractivity contribution in [2.75, 3.05) is 0 Å². The van der Waals surface area contributed by atoms with Gasteiger partial charge in [0.1, 0.15) is 5.54 Å². The maximum Gasteiger partial charge on any atom is 0.329 e. The topological polar surface area (TPSA) is 59.3 Å². The van der Waals surface area contributed by atoms with E-state index in [0.29, 0.717) is 5.56 Å². The quantitative estimate of drug-likeness (QED) is 0.765. The standard InChI is InChI=1S/C10H13NO3/c1-7-5-4-6-11(8(7)12)10(2,3)9(13)14/h4-6H,1-3H3,(H,13,14). The van der Waals surface area contributed by atoms with Crippen LogP contribution in [0.15, 0.2) is 23.1 Å². The predicted octanol–water partition coefficient (Wildman–Crippen LogP) is 0.976. The van der Waals surface area contributed by atoms with E-state index in [-0.39, 0.29) is 5.56 Å². The van der Waals surface area contributed by atoms with Crippen molar-refractivity contribution < 1.29 is 9.90 Å². The lowest BCUT2D eigenvalue weighted by Crippen LogP contribution is -2.42. The maximum absolute atomic E-state index is 11.6. The van der Waals surface area contributed by atoms with Gasteiger partial charge in [-0.15, -0.1) is 0 Å². The number of pyridine rings is 1. The fraction of sp³-hybridized carbons (Fsp3) is 0.400. The van der Waals surface area contributed by atoms with Gasteiger partial charge in [-0.2, -0.15) is 0 Å². The highest BCUT2D eigenvalue weighted by Gasteiger charge is 2.29. The molecule has 0 aliphatic heterocycles. The molecular weight excluding hydrogens is 182 g/mol. The van der Waals surface area contributed by atoms with Crippen molar-refractivity contribution in [2.24, 2.45) is 0 Å². The Balaban J connectivity index is 3.41. The number of hydrogen-bond donors (Lipinski definition) is 1. The molecule has 0 saturated carbocycles. The van der Waals surface area contributed by atoms with Crippen LogP contribution in [0.25, 0.3) is 0 Å². The fourth-order valence-electron chi connectivity index (χ4n) is 1.15. The van der Waals surface area contributed by atoms with Gasteiger partial charge in [0.05, 0.1) is 0 Å². The Labute approximate surface area is 81.8 Å². The molecule has 14 heavy (non-hydrogen) atoms. The molecule has 0 unspecified atom stereocenters. The van der Waals surface area contributed by atoms with Gasteiger partial charge in [-0.1, -0.05) is 6.07 Å². The zero-order chi connectivity index (χ0) is 10.9. The van der Waals surface area contributed by atoms with Crippen LogP contribution in [0, 0.1) is 6.92 Å². The fourth-order valence-corrected chi connectivity index (χ4v) is 1.15. The Morgan fingerprint density at radius 2 is 2.07 bits per heavy atom. The molecule has 4 nitrogen and oxygen atoms in total. The summed E-state index contributed by atoms with van der Waals surface area (Å²) in [6.45, 7) is 4.66. The number of carboxylic acids is 1. The van der Waals surface area contributed by atoms with Crippen molar-refractivity contribution in [1.82, 2.24) is 4.57 Å². The summed E-state index contributed by atoms with van der Waals surface area (Å²) in [7, 11) is 0. The molecule has 0 amide bonds. The Hall–Kier alpha value is -1.58. The number of carbonyl (C=O) groups is 1. The molecule has 0 spiro atoms. The van der Waals surface area contributed by atoms with Crippen LogP contribution in [0.4, 0.5) is 0 Å². The number of nitrogens with zero attached hydrogens (tertiary/aromatic N) is 1. The van der Waals surface area contributed by atoms with E-state index in [1.54, 1.807) is 19.1 Å². The summed E-state index contributed by atoms with van der Waals surface area (Å²) in [6, 6.07) is 3.33. The number of carboxylic acid groups (broad SMARTS) is 1. The first-order valence-corrected chi connectivity index (χ1v) is 4.29. The number of aryl methyl sites for hydroxylation is 1. The van der Waals surface area contributed by atoms with Gasteiger partial charge in [0, 0.05) is 11.8 Å². The molecule has 0 atom stereocenters. The predicted molar refractivity (Wildman–Crippen MR) is 52.4 cm³/mol. The third-order valence-corrected chi connectivity index (χ3v) is 2.26. The molecule has 0 aliphatic carbocycles. The van der Waals surface area contributed by atoms with Gasteiger partial charge in [0.15, 0.2) is 0 Å². The number of aliphatic carboxylic acids is 1. The van der Waals surface area contributed by atoms with Crippen molar-refractivity contribution in [2.45, 2.75) is 26.3 Å². The van der Waals surface area contributed by atoms with Crippen molar-refractivity contribution in [1.29, 1.82) is 0 Å². The van der Waals surface area contributed by atoms with Crippen LogP contribution in [0.1, 0.15) is 19.4 Å². The summed E-state index contributed by atoms with van der Waals surface area (Å²) in [5, 5.41) is 8.95. The summed E-state index contributed by atoms with van der Waals surface area (Å²) in [5.41, 5.74) is -0.926. The van der Waals surface area contributed by atoms with Crippen LogP contribution < -0.4 is 5.56 Å². The molecule has 1 N–H and O–H groups in total. The normalized spacial score (nSPS) is 11.4. The van der Waals surface area contributed by atoms with E-state index in [1.807, 2.05) is 0 Å². The van der Waals surface area contributed by atoms with E-state index >= 15 is 0 Å². The largest absolute Gasteiger partial charge is 0.480 e. The number of aromatic nitrogens is 1. The van der Waals surface area contributed by atoms with E-state index < -0.39 is 11.5 Å². The lowest BCUT2D eigenvalue weighted by molar-refractivity contribution is -0.145. The maximum atomic E-state index is 11.6. The first-order valence-electron chi connectivity index (χ1n) is 4.29. The molecule has 4 heteroatoms. The Morgan fingerprint density at radius 3 is 2.57 bits per heavy atom. The van der Waals surface area contributed by atoms with E-state index in [2.05, 4.69) is 0 Å². The SMILES string of the molecule is Cc1cccn(C(C)(C)C(=O)O)c1=O. The average molecular weight is 195 g/mol. The van der Waals surface area contributed by atoms with Gasteiger partial charge in [-0.25, -0.2) is 4.79 Å². The van der Waals surface area contributed by atoms with Crippen LogP contribution in [-0.4, -0.2) is 15.6 Å². The minimum absolute atomic E-state index is 0.264. The Kier molecular flexibility index (Phi) is 2.47. The van der Waals surface area contributed by atoms with Crippen molar-refractivity contribution in [3.05, 3.63) is 34.2 Å². The first-order chi connectivity index (χ1) is 6.37. The lowest BCUT2D eigenvalue weighted by atomic mass is 10.1. The third kappa shape index (κ3) is 1.55. The van der Waals surface area contributed by atoms with Gasteiger partial charge in [0.2, 0.25) is 0 Å². The first kappa shape index (κ1) is 10.5. The monoisotopic (exact) mass is 195 g/mol. The second-order valence-electron chi connectivity index (χ2n) is 3.73. The van der Waals surface area contributed by atoms with E-state index in [9.17, 15) is 9.59 Å². The van der Waals surface area contributed by atoms with Gasteiger partial charge in [0.25, 0.3) is 5.56 Å². The zero-order valence-electron chi connectivity index (χ0n) is 8.44. The van der Waals surface area contributed by atoms with Crippen molar-refractivity contribution >= 4 is 5.97 Å². The van der Waals surface area contributed by atoms with Crippen LogP contribution in [-0.2, 0) is 10.3 Å². The van der Waals surface area contributed by atoms with E-state index in [0.717, 1.165) is 0 Å². The third-order valence-electron chi connectivity index (χ3n) is 2.26. The summed E-state index contributed by atoms with van der Waals surface area (Å²) >= 11 is 0. The molecule has 1 rings (SSSR count). The molecule has 0 aliphatic rings. The van der Waals surface area contributed by atoms with Gasteiger partial charge in [-0.05, 0) is 26.8 Å². The second kappa shape index (κ2) is 3.29. The van der Waals surface area contributed by atoms with Gasteiger partial charge >= 0.3 is 5.97 Å². The smallest absolute Gasteiger partial charge is 0.329 e. The number of hydrogen-bond acceptors (Lipinski definition) is 2. The van der Waals surface area contributed by atoms with E-state index in [1.165, 1.54) is 24.6 Å². The zero-order valence-corrected chi connectivity index (χ0v) is 8.44. The Morgan fingerprint density at radius 1 is 1.50 bits per heavy atom. The van der Waals surface area contributed by atoms with Crippen LogP contribution >= 0.6 is 0 Å². The molecule has 0 fully saturated rings. The summed E-state index contributed by atoms with van der Waals surface area (Å²) in [6.07, 6.45) is 1.49. The van der Waals surface area contributed by atoms with Gasteiger partial charge in [-0.3, -0.25) is 9.36 Å². The number of rotatable bonds is 2. The average Bonchev–Trinajstić information content (AvgIpc) is 2.09. The molecule has 0 aromatic carbocycles. The molecule has 1 aromatic heterocycles. The summed E-state index contributed by atoms with van der Waals surface area (Å²) in [4.78, 5) is 22.5. The minimum atomic E-state index is -1.21. The van der Waals surface area contributed by atoms with Crippen LogP contribution in [0.3, 0.4) is 0 Å². The lowest BCUT2D eigenvalue weighted by Gasteiger charge is -2.22.